The van der Waals surface area contributed by atoms with Crippen LogP contribution >= 0.6 is 0 Å². The van der Waals surface area contributed by atoms with E-state index in [1.54, 1.807) is 0 Å². The molecular weight excluding hydrogens is 217 g/mol. The van der Waals surface area contributed by atoms with Gasteiger partial charge in [-0.15, -0.1) is 0 Å². The molecule has 3 heteroatoms. The summed E-state index contributed by atoms with van der Waals surface area (Å²) in [4.78, 5) is 2.13. The molecule has 1 saturated carbocycles. The largest absolute Gasteiger partial charge is 0.396 e. The third-order valence-corrected chi connectivity index (χ3v) is 3.95. The lowest BCUT2D eigenvalue weighted by Crippen LogP contribution is -2.45. The van der Waals surface area contributed by atoms with Gasteiger partial charge >= 0.3 is 0 Å². The molecule has 0 radical (unpaired) electrons. The van der Waals surface area contributed by atoms with Crippen molar-refractivity contribution in [2.75, 3.05) is 20.7 Å². The number of nitrogens with zero attached hydrogens (tertiary/aromatic N) is 1. The molecule has 1 atom stereocenters. The Bertz CT molecular complexity index is 365. The van der Waals surface area contributed by atoms with Gasteiger partial charge in [0.2, 0.25) is 0 Å². The molecule has 17 heavy (non-hydrogen) atoms. The van der Waals surface area contributed by atoms with E-state index in [1.807, 2.05) is 26.2 Å². The summed E-state index contributed by atoms with van der Waals surface area (Å²) in [5.74, 6) is -0.210. The Morgan fingerprint density at radius 2 is 1.88 bits per heavy atom. The lowest BCUT2D eigenvalue weighted by atomic mass is 9.62. The summed E-state index contributed by atoms with van der Waals surface area (Å²) >= 11 is 0. The minimum atomic E-state index is -0.210. The maximum absolute atomic E-state index is 13.0. The third kappa shape index (κ3) is 2.22. The molecule has 1 aliphatic carbocycles. The van der Waals surface area contributed by atoms with Crippen molar-refractivity contribution in [3.8, 4) is 0 Å². The van der Waals surface area contributed by atoms with Crippen LogP contribution in [0.1, 0.15) is 30.9 Å². The maximum Gasteiger partial charge on any atom is 0.123 e. The average Bonchev–Trinajstić information content (AvgIpc) is 2.24. The van der Waals surface area contributed by atoms with E-state index in [2.05, 4.69) is 4.90 Å². The van der Waals surface area contributed by atoms with Gasteiger partial charge in [0, 0.05) is 11.5 Å². The summed E-state index contributed by atoms with van der Waals surface area (Å²) < 4.78 is 13.0. The lowest BCUT2D eigenvalue weighted by Gasteiger charge is -2.49. The first-order valence-electron chi connectivity index (χ1n) is 6.12. The van der Waals surface area contributed by atoms with Crippen molar-refractivity contribution in [3.63, 3.8) is 0 Å². The number of hydrogen-bond acceptors (Lipinski definition) is 2. The lowest BCUT2D eigenvalue weighted by molar-refractivity contribution is -0.0308. The zero-order valence-corrected chi connectivity index (χ0v) is 10.5. The van der Waals surface area contributed by atoms with Crippen LogP contribution in [0.2, 0.25) is 0 Å². The minimum Gasteiger partial charge on any atom is -0.396 e. The van der Waals surface area contributed by atoms with Gasteiger partial charge in [0.1, 0.15) is 5.82 Å². The van der Waals surface area contributed by atoms with Crippen LogP contribution in [-0.4, -0.2) is 30.7 Å². The predicted molar refractivity (Wildman–Crippen MR) is 66.2 cm³/mol. The van der Waals surface area contributed by atoms with Crippen LogP contribution in [0.25, 0.3) is 0 Å². The number of rotatable bonds is 4. The van der Waals surface area contributed by atoms with Crippen LogP contribution in [0.3, 0.4) is 0 Å². The Morgan fingerprint density at radius 3 is 2.24 bits per heavy atom. The van der Waals surface area contributed by atoms with Crippen molar-refractivity contribution in [3.05, 3.63) is 35.6 Å². The van der Waals surface area contributed by atoms with Crippen LogP contribution in [0.4, 0.5) is 4.39 Å². The van der Waals surface area contributed by atoms with Gasteiger partial charge in [0.05, 0.1) is 6.61 Å². The monoisotopic (exact) mass is 237 g/mol. The second-order valence-electron chi connectivity index (χ2n) is 5.29. The first-order valence-corrected chi connectivity index (χ1v) is 6.12. The predicted octanol–water partition coefficient (Wildman–Crippen LogP) is 2.59. The van der Waals surface area contributed by atoms with Gasteiger partial charge in [0.25, 0.3) is 0 Å². The molecule has 1 unspecified atom stereocenters. The quantitative estimate of drug-likeness (QED) is 0.870. The van der Waals surface area contributed by atoms with Gasteiger partial charge in [-0.2, -0.15) is 0 Å². The minimum absolute atomic E-state index is 0.0403. The Kier molecular flexibility index (Phi) is 3.50. The smallest absolute Gasteiger partial charge is 0.123 e. The van der Waals surface area contributed by atoms with Crippen molar-refractivity contribution in [1.82, 2.24) is 4.90 Å². The van der Waals surface area contributed by atoms with E-state index in [0.29, 0.717) is 0 Å². The van der Waals surface area contributed by atoms with Crippen LogP contribution in [0.5, 0.6) is 0 Å². The Balaban J connectivity index is 2.32. The summed E-state index contributed by atoms with van der Waals surface area (Å²) in [6.07, 6.45) is 3.26. The van der Waals surface area contributed by atoms with Crippen LogP contribution < -0.4 is 0 Å². The highest BCUT2D eigenvalue weighted by Crippen LogP contribution is 2.51. The molecule has 0 aliphatic heterocycles. The van der Waals surface area contributed by atoms with Crippen LogP contribution in [-0.2, 0) is 0 Å². The third-order valence-electron chi connectivity index (χ3n) is 3.95. The standard InChI is InChI=1S/C14H20FNO/c1-16(2)13(14(10-17)8-3-9-14)11-4-6-12(15)7-5-11/h4-7,13,17H,3,8-10H2,1-2H3. The van der Waals surface area contributed by atoms with E-state index in [0.717, 1.165) is 18.4 Å². The van der Waals surface area contributed by atoms with E-state index in [1.165, 1.54) is 18.6 Å². The second-order valence-corrected chi connectivity index (χ2v) is 5.29. The Labute approximate surface area is 102 Å². The number of aliphatic hydroxyl groups excluding tert-OH is 1. The molecule has 0 bridgehead atoms. The topological polar surface area (TPSA) is 23.5 Å². The molecular formula is C14H20FNO. The van der Waals surface area contributed by atoms with Crippen molar-refractivity contribution >= 4 is 0 Å². The Hall–Kier alpha value is -0.930. The van der Waals surface area contributed by atoms with E-state index >= 15 is 0 Å². The van der Waals surface area contributed by atoms with Crippen LogP contribution in [0, 0.1) is 11.2 Å². The fourth-order valence-corrected chi connectivity index (χ4v) is 2.99. The summed E-state index contributed by atoms with van der Waals surface area (Å²) in [6, 6.07) is 6.82. The van der Waals surface area contributed by atoms with Gasteiger partial charge in [-0.25, -0.2) is 4.39 Å². The highest BCUT2D eigenvalue weighted by atomic mass is 19.1. The first-order chi connectivity index (χ1) is 8.09. The van der Waals surface area contributed by atoms with E-state index in [9.17, 15) is 9.50 Å². The fourth-order valence-electron chi connectivity index (χ4n) is 2.99. The summed E-state index contributed by atoms with van der Waals surface area (Å²) in [7, 11) is 4.04. The highest BCUT2D eigenvalue weighted by Gasteiger charge is 2.45. The number of benzene rings is 1. The molecule has 1 N–H and O–H groups in total. The van der Waals surface area contributed by atoms with Gasteiger partial charge in [-0.1, -0.05) is 18.6 Å². The maximum atomic E-state index is 13.0. The van der Waals surface area contributed by atoms with Crippen molar-refractivity contribution in [2.24, 2.45) is 5.41 Å². The normalized spacial score (nSPS) is 20.1. The Morgan fingerprint density at radius 1 is 1.29 bits per heavy atom. The number of hydrogen-bond donors (Lipinski definition) is 1. The molecule has 0 amide bonds. The molecule has 1 aromatic rings. The highest BCUT2D eigenvalue weighted by molar-refractivity contribution is 5.23. The molecule has 1 fully saturated rings. The number of halogens is 1. The molecule has 2 rings (SSSR count). The van der Waals surface area contributed by atoms with Crippen molar-refractivity contribution in [2.45, 2.75) is 25.3 Å². The molecule has 1 aliphatic rings. The molecule has 1 aromatic carbocycles. The van der Waals surface area contributed by atoms with E-state index in [4.69, 9.17) is 0 Å². The molecule has 0 aromatic heterocycles. The molecule has 94 valence electrons. The van der Waals surface area contributed by atoms with Gasteiger partial charge in [-0.3, -0.25) is 0 Å². The van der Waals surface area contributed by atoms with Crippen molar-refractivity contribution < 1.29 is 9.50 Å². The summed E-state index contributed by atoms with van der Waals surface area (Å²) in [6.45, 7) is 0.202. The molecule has 0 spiro atoms. The number of aliphatic hydroxyl groups is 1. The SMILES string of the molecule is CN(C)C(c1ccc(F)cc1)C1(CO)CCC1. The summed E-state index contributed by atoms with van der Waals surface area (Å²) in [5, 5.41) is 9.67. The van der Waals surface area contributed by atoms with E-state index in [-0.39, 0.29) is 23.9 Å². The fraction of sp³-hybridized carbons (Fsp3) is 0.571. The van der Waals surface area contributed by atoms with Gasteiger partial charge < -0.3 is 10.0 Å². The van der Waals surface area contributed by atoms with Gasteiger partial charge in [0.15, 0.2) is 0 Å². The first kappa shape index (κ1) is 12.5. The zero-order chi connectivity index (χ0) is 12.5. The summed E-state index contributed by atoms with van der Waals surface area (Å²) in [5.41, 5.74) is 1.05. The van der Waals surface area contributed by atoms with Gasteiger partial charge in [-0.05, 0) is 44.6 Å². The second kappa shape index (κ2) is 4.75. The average molecular weight is 237 g/mol. The van der Waals surface area contributed by atoms with Crippen LogP contribution in [0.15, 0.2) is 24.3 Å². The van der Waals surface area contributed by atoms with E-state index < -0.39 is 0 Å². The molecule has 0 saturated heterocycles. The zero-order valence-electron chi connectivity index (χ0n) is 10.5. The molecule has 0 heterocycles. The van der Waals surface area contributed by atoms with Crippen molar-refractivity contribution in [1.29, 1.82) is 0 Å². The molecule has 2 nitrogen and oxygen atoms in total.